The van der Waals surface area contributed by atoms with Crippen LogP contribution in [0.3, 0.4) is 0 Å². The van der Waals surface area contributed by atoms with E-state index in [1.54, 1.807) is 19.3 Å². The number of carbonyl (C=O) groups is 1. The van der Waals surface area contributed by atoms with Crippen molar-refractivity contribution in [3.63, 3.8) is 0 Å². The second kappa shape index (κ2) is 5.46. The molecule has 0 spiro atoms. The van der Waals surface area contributed by atoms with E-state index in [0.717, 1.165) is 41.8 Å². The molecule has 1 aliphatic rings. The molecular weight excluding hydrogens is 290 g/mol. The van der Waals surface area contributed by atoms with Crippen LogP contribution in [0.1, 0.15) is 19.8 Å². The Morgan fingerprint density at radius 2 is 2.09 bits per heavy atom. The van der Waals surface area contributed by atoms with Crippen molar-refractivity contribution in [1.29, 1.82) is 0 Å². The summed E-state index contributed by atoms with van der Waals surface area (Å²) < 4.78 is 0. The lowest BCUT2D eigenvalue weighted by atomic mass is 10.1. The van der Waals surface area contributed by atoms with Crippen LogP contribution in [-0.2, 0) is 4.79 Å². The Labute approximate surface area is 133 Å². The van der Waals surface area contributed by atoms with E-state index >= 15 is 0 Å². The number of carbonyl (C=O) groups excluding carboxylic acids is 1. The van der Waals surface area contributed by atoms with Gasteiger partial charge in [-0.25, -0.2) is 9.97 Å². The number of nitrogens with one attached hydrogen (secondary N) is 1. The second-order valence-corrected chi connectivity index (χ2v) is 5.81. The molecule has 0 amide bonds. The molecule has 1 atom stereocenters. The quantitative estimate of drug-likeness (QED) is 0.805. The molecule has 0 bridgehead atoms. The van der Waals surface area contributed by atoms with Crippen LogP contribution < -0.4 is 4.90 Å². The third-order valence-electron chi connectivity index (χ3n) is 4.33. The number of H-pyrrole nitrogens is 1. The summed E-state index contributed by atoms with van der Waals surface area (Å²) in [6.45, 7) is 2.50. The highest BCUT2D eigenvalue weighted by atomic mass is 16.1. The van der Waals surface area contributed by atoms with Crippen LogP contribution in [0.4, 0.5) is 5.82 Å². The van der Waals surface area contributed by atoms with E-state index in [1.807, 2.05) is 24.4 Å². The molecule has 0 aliphatic carbocycles. The van der Waals surface area contributed by atoms with Crippen molar-refractivity contribution in [2.24, 2.45) is 0 Å². The Hall–Kier alpha value is -2.76. The van der Waals surface area contributed by atoms with Crippen LogP contribution in [0, 0.1) is 0 Å². The summed E-state index contributed by atoms with van der Waals surface area (Å²) >= 11 is 0. The fourth-order valence-corrected chi connectivity index (χ4v) is 3.22. The highest BCUT2D eigenvalue weighted by molar-refractivity contribution is 5.93. The molecule has 6 heteroatoms. The maximum Gasteiger partial charge on any atom is 0.164 e. The van der Waals surface area contributed by atoms with E-state index in [1.165, 1.54) is 0 Å². The number of aromatic nitrogens is 4. The molecule has 116 valence electrons. The summed E-state index contributed by atoms with van der Waals surface area (Å²) in [5, 5.41) is 0.955. The first-order valence-electron chi connectivity index (χ1n) is 7.76. The van der Waals surface area contributed by atoms with Gasteiger partial charge in [0, 0.05) is 30.7 Å². The Morgan fingerprint density at radius 3 is 2.87 bits per heavy atom. The number of rotatable bonds is 3. The lowest BCUT2D eigenvalue weighted by molar-refractivity contribution is -0.118. The molecule has 4 rings (SSSR count). The Kier molecular flexibility index (Phi) is 3.29. The molecule has 3 aromatic heterocycles. The van der Waals surface area contributed by atoms with E-state index in [9.17, 15) is 4.79 Å². The van der Waals surface area contributed by atoms with Crippen molar-refractivity contribution in [3.05, 3.63) is 36.8 Å². The predicted molar refractivity (Wildman–Crippen MR) is 88.2 cm³/mol. The maximum absolute atomic E-state index is 12.0. The number of ketones is 1. The maximum atomic E-state index is 12.0. The summed E-state index contributed by atoms with van der Waals surface area (Å²) in [4.78, 5) is 30.6. The summed E-state index contributed by atoms with van der Waals surface area (Å²) in [6, 6.07) is 5.66. The van der Waals surface area contributed by atoms with Gasteiger partial charge in [-0.2, -0.15) is 0 Å². The molecule has 1 aliphatic heterocycles. The normalized spacial score (nSPS) is 17.8. The molecule has 3 aromatic rings. The number of fused-ring (bicyclic) bond motifs is 1. The van der Waals surface area contributed by atoms with Crippen molar-refractivity contribution in [3.8, 4) is 11.4 Å². The predicted octanol–water partition coefficient (Wildman–Crippen LogP) is 2.58. The number of nitrogens with zero attached hydrogens (tertiary/aromatic N) is 4. The molecule has 0 aromatic carbocycles. The van der Waals surface area contributed by atoms with E-state index in [0.29, 0.717) is 5.82 Å². The standard InChI is InChI=1S/C17H17N5O/c1-11(23)14-3-2-10-22(14)17-13-6-9-19-16(13)20-15(21-17)12-4-7-18-8-5-12/h4-9,14H,2-3,10H2,1H3,(H,19,20,21)/t14-/m1/s1. The van der Waals surface area contributed by atoms with Gasteiger partial charge in [-0.15, -0.1) is 0 Å². The summed E-state index contributed by atoms with van der Waals surface area (Å²) in [7, 11) is 0. The monoisotopic (exact) mass is 307 g/mol. The zero-order valence-electron chi connectivity index (χ0n) is 12.9. The molecule has 0 radical (unpaired) electrons. The zero-order chi connectivity index (χ0) is 15.8. The smallest absolute Gasteiger partial charge is 0.164 e. The number of hydrogen-bond donors (Lipinski definition) is 1. The van der Waals surface area contributed by atoms with Gasteiger partial charge in [0.15, 0.2) is 11.6 Å². The van der Waals surface area contributed by atoms with Crippen LogP contribution >= 0.6 is 0 Å². The molecule has 23 heavy (non-hydrogen) atoms. The van der Waals surface area contributed by atoms with Gasteiger partial charge in [0.2, 0.25) is 0 Å². The summed E-state index contributed by atoms with van der Waals surface area (Å²) in [6.07, 6.45) is 7.20. The van der Waals surface area contributed by atoms with Gasteiger partial charge >= 0.3 is 0 Å². The van der Waals surface area contributed by atoms with Gasteiger partial charge in [0.1, 0.15) is 11.5 Å². The van der Waals surface area contributed by atoms with E-state index < -0.39 is 0 Å². The molecular formula is C17H17N5O. The highest BCUT2D eigenvalue weighted by Crippen LogP contribution is 2.32. The lowest BCUT2D eigenvalue weighted by Crippen LogP contribution is -2.35. The fourth-order valence-electron chi connectivity index (χ4n) is 3.22. The fraction of sp³-hybridized carbons (Fsp3) is 0.294. The van der Waals surface area contributed by atoms with Crippen LogP contribution in [0.15, 0.2) is 36.8 Å². The van der Waals surface area contributed by atoms with Gasteiger partial charge in [0.05, 0.1) is 11.4 Å². The van der Waals surface area contributed by atoms with E-state index in [4.69, 9.17) is 4.98 Å². The first-order valence-corrected chi connectivity index (χ1v) is 7.76. The topological polar surface area (TPSA) is 74.8 Å². The zero-order valence-corrected chi connectivity index (χ0v) is 12.9. The molecule has 0 saturated carbocycles. The lowest BCUT2D eigenvalue weighted by Gasteiger charge is -2.24. The Bertz CT molecular complexity index is 858. The third-order valence-corrected chi connectivity index (χ3v) is 4.33. The minimum atomic E-state index is -0.0895. The van der Waals surface area contributed by atoms with Crippen molar-refractivity contribution in [2.45, 2.75) is 25.8 Å². The average molecular weight is 307 g/mol. The average Bonchev–Trinajstić information content (AvgIpc) is 3.23. The molecule has 6 nitrogen and oxygen atoms in total. The van der Waals surface area contributed by atoms with Gasteiger partial charge in [-0.3, -0.25) is 9.78 Å². The highest BCUT2D eigenvalue weighted by Gasteiger charge is 2.31. The Morgan fingerprint density at radius 1 is 1.26 bits per heavy atom. The molecule has 1 fully saturated rings. The van der Waals surface area contributed by atoms with Crippen LogP contribution in [0.2, 0.25) is 0 Å². The second-order valence-electron chi connectivity index (χ2n) is 5.81. The van der Waals surface area contributed by atoms with E-state index in [-0.39, 0.29) is 11.8 Å². The molecule has 0 unspecified atom stereocenters. The van der Waals surface area contributed by atoms with Crippen LogP contribution in [0.25, 0.3) is 22.4 Å². The van der Waals surface area contributed by atoms with Crippen molar-refractivity contribution >= 4 is 22.6 Å². The van der Waals surface area contributed by atoms with Gasteiger partial charge in [-0.1, -0.05) is 0 Å². The SMILES string of the molecule is CC(=O)[C@H]1CCCN1c1nc(-c2ccncc2)nc2[nH]ccc12. The van der Waals surface area contributed by atoms with E-state index in [2.05, 4.69) is 19.9 Å². The first-order chi connectivity index (χ1) is 11.2. The summed E-state index contributed by atoms with van der Waals surface area (Å²) in [5.74, 6) is 1.67. The number of anilines is 1. The van der Waals surface area contributed by atoms with Crippen molar-refractivity contribution in [2.75, 3.05) is 11.4 Å². The first kappa shape index (κ1) is 13.9. The van der Waals surface area contributed by atoms with Crippen LogP contribution in [0.5, 0.6) is 0 Å². The molecule has 1 N–H and O–H groups in total. The largest absolute Gasteiger partial charge is 0.346 e. The van der Waals surface area contributed by atoms with Crippen LogP contribution in [-0.4, -0.2) is 38.3 Å². The van der Waals surface area contributed by atoms with Gasteiger partial charge < -0.3 is 9.88 Å². The minimum Gasteiger partial charge on any atom is -0.346 e. The number of Topliss-reactive ketones (excluding diaryl/α,β-unsaturated/α-hetero) is 1. The summed E-state index contributed by atoms with van der Waals surface area (Å²) in [5.41, 5.74) is 1.70. The van der Waals surface area contributed by atoms with Crippen molar-refractivity contribution in [1.82, 2.24) is 19.9 Å². The van der Waals surface area contributed by atoms with Gasteiger partial charge in [-0.05, 0) is 38.0 Å². The third kappa shape index (κ3) is 2.36. The molecule has 1 saturated heterocycles. The number of aromatic amines is 1. The minimum absolute atomic E-state index is 0.0895. The number of pyridine rings is 1. The van der Waals surface area contributed by atoms with Gasteiger partial charge in [0.25, 0.3) is 0 Å². The van der Waals surface area contributed by atoms with Crippen molar-refractivity contribution < 1.29 is 4.79 Å². The molecule has 4 heterocycles. The number of hydrogen-bond acceptors (Lipinski definition) is 5. The Balaban J connectivity index is 1.88.